The summed E-state index contributed by atoms with van der Waals surface area (Å²) in [6.45, 7) is 4.72. The number of nitrogens with zero attached hydrogens (tertiary/aromatic N) is 1. The lowest BCUT2D eigenvalue weighted by Crippen LogP contribution is -2.36. The highest BCUT2D eigenvalue weighted by molar-refractivity contribution is 5.85. The molecule has 0 spiro atoms. The summed E-state index contributed by atoms with van der Waals surface area (Å²) < 4.78 is 0. The zero-order chi connectivity index (χ0) is 12.4. The smallest absolute Gasteiger partial charge is 0.0242 e. The molecule has 1 aliphatic heterocycles. The van der Waals surface area contributed by atoms with Crippen molar-refractivity contribution in [2.75, 3.05) is 6.54 Å². The van der Waals surface area contributed by atoms with Gasteiger partial charge in [0.2, 0.25) is 0 Å². The molecule has 1 fully saturated rings. The predicted octanol–water partition coefficient (Wildman–Crippen LogP) is 4.21. The van der Waals surface area contributed by atoms with Gasteiger partial charge in [0.25, 0.3) is 0 Å². The van der Waals surface area contributed by atoms with E-state index in [1.54, 1.807) is 0 Å². The summed E-state index contributed by atoms with van der Waals surface area (Å²) in [5.74, 6) is 0. The summed E-state index contributed by atoms with van der Waals surface area (Å²) in [6, 6.07) is 16.1. The Labute approximate surface area is 109 Å². The lowest BCUT2D eigenvalue weighted by atomic mass is 10.00. The summed E-state index contributed by atoms with van der Waals surface area (Å²) in [5.41, 5.74) is 1.47. The fraction of sp³-hybridized carbons (Fsp3) is 0.412. The lowest BCUT2D eigenvalue weighted by molar-refractivity contribution is 0.153. The van der Waals surface area contributed by atoms with Crippen molar-refractivity contribution in [2.45, 2.75) is 38.8 Å². The van der Waals surface area contributed by atoms with Crippen LogP contribution in [0.1, 0.15) is 31.7 Å². The van der Waals surface area contributed by atoms with Gasteiger partial charge in [-0.05, 0) is 42.6 Å². The van der Waals surface area contributed by atoms with Gasteiger partial charge in [0.15, 0.2) is 0 Å². The molecule has 0 N–H and O–H groups in total. The number of likely N-dealkylation sites (tertiary alicyclic amines) is 1. The average Bonchev–Trinajstić information content (AvgIpc) is 2.42. The van der Waals surface area contributed by atoms with Crippen LogP contribution in [0.25, 0.3) is 10.8 Å². The molecule has 1 saturated heterocycles. The van der Waals surface area contributed by atoms with Crippen molar-refractivity contribution < 1.29 is 0 Å². The van der Waals surface area contributed by atoms with Crippen molar-refractivity contribution in [1.82, 2.24) is 4.90 Å². The third-order valence-electron chi connectivity index (χ3n) is 4.19. The van der Waals surface area contributed by atoms with Crippen molar-refractivity contribution >= 4 is 10.8 Å². The van der Waals surface area contributed by atoms with E-state index in [2.05, 4.69) is 54.3 Å². The molecular weight excluding hydrogens is 218 g/mol. The first-order valence-electron chi connectivity index (χ1n) is 7.05. The summed E-state index contributed by atoms with van der Waals surface area (Å²) in [5, 5.41) is 2.78. The Morgan fingerprint density at radius 3 is 2.78 bits per heavy atom. The van der Waals surface area contributed by atoms with Crippen molar-refractivity contribution in [1.29, 1.82) is 0 Å². The van der Waals surface area contributed by atoms with Crippen molar-refractivity contribution in [3.63, 3.8) is 0 Å². The third kappa shape index (κ3) is 2.28. The molecule has 0 radical (unpaired) electrons. The van der Waals surface area contributed by atoms with Crippen LogP contribution in [0.3, 0.4) is 0 Å². The van der Waals surface area contributed by atoms with Crippen molar-refractivity contribution in [3.8, 4) is 0 Å². The second kappa shape index (κ2) is 5.11. The number of hydrogen-bond donors (Lipinski definition) is 0. The molecule has 1 heterocycles. The molecule has 2 aromatic carbocycles. The van der Waals surface area contributed by atoms with E-state index >= 15 is 0 Å². The SMILES string of the molecule is CC1CCCCN1Cc1cccc2ccccc12. The maximum absolute atomic E-state index is 2.63. The van der Waals surface area contributed by atoms with Crippen molar-refractivity contribution in [3.05, 3.63) is 48.0 Å². The van der Waals surface area contributed by atoms with Gasteiger partial charge in [0.05, 0.1) is 0 Å². The van der Waals surface area contributed by atoms with Gasteiger partial charge in [-0.2, -0.15) is 0 Å². The maximum Gasteiger partial charge on any atom is 0.0242 e. The van der Waals surface area contributed by atoms with Crippen LogP contribution in [0.4, 0.5) is 0 Å². The molecule has 18 heavy (non-hydrogen) atoms. The second-order valence-corrected chi connectivity index (χ2v) is 5.45. The van der Waals surface area contributed by atoms with Crippen LogP contribution in [0, 0.1) is 0 Å². The first-order chi connectivity index (χ1) is 8.84. The third-order valence-corrected chi connectivity index (χ3v) is 4.19. The molecule has 0 amide bonds. The summed E-state index contributed by atoms with van der Waals surface area (Å²) in [6.07, 6.45) is 4.10. The Balaban J connectivity index is 1.90. The van der Waals surface area contributed by atoms with E-state index in [0.717, 1.165) is 12.6 Å². The van der Waals surface area contributed by atoms with Crippen molar-refractivity contribution in [2.24, 2.45) is 0 Å². The molecule has 1 atom stereocenters. The van der Waals surface area contributed by atoms with E-state index in [1.165, 1.54) is 42.1 Å². The number of fused-ring (bicyclic) bond motifs is 1. The first kappa shape index (κ1) is 11.7. The monoisotopic (exact) mass is 239 g/mol. The standard InChI is InChI=1S/C17H21N/c1-14-7-4-5-12-18(14)13-16-10-6-9-15-8-2-3-11-17(15)16/h2-3,6,8-11,14H,4-5,7,12-13H2,1H3. The fourth-order valence-corrected chi connectivity index (χ4v) is 3.04. The second-order valence-electron chi connectivity index (χ2n) is 5.45. The molecule has 0 aromatic heterocycles. The maximum atomic E-state index is 2.63. The van der Waals surface area contributed by atoms with E-state index in [-0.39, 0.29) is 0 Å². The molecule has 1 heteroatoms. The van der Waals surface area contributed by atoms with Gasteiger partial charge in [0, 0.05) is 12.6 Å². The Morgan fingerprint density at radius 1 is 1.06 bits per heavy atom. The summed E-state index contributed by atoms with van der Waals surface area (Å²) in [4.78, 5) is 2.63. The van der Waals surface area contributed by atoms with Crippen LogP contribution in [-0.4, -0.2) is 17.5 Å². The molecular formula is C17H21N. The molecule has 1 aliphatic rings. The molecule has 1 unspecified atom stereocenters. The Morgan fingerprint density at radius 2 is 1.89 bits per heavy atom. The average molecular weight is 239 g/mol. The molecule has 0 aliphatic carbocycles. The van der Waals surface area contributed by atoms with E-state index in [1.807, 2.05) is 0 Å². The van der Waals surface area contributed by atoms with Gasteiger partial charge in [-0.25, -0.2) is 0 Å². The first-order valence-corrected chi connectivity index (χ1v) is 7.05. The minimum atomic E-state index is 0.734. The van der Waals surface area contributed by atoms with E-state index in [4.69, 9.17) is 0 Å². The minimum absolute atomic E-state index is 0.734. The molecule has 3 rings (SSSR count). The van der Waals surface area contributed by atoms with Gasteiger partial charge in [-0.3, -0.25) is 4.90 Å². The van der Waals surface area contributed by atoms with Crippen LogP contribution in [-0.2, 0) is 6.54 Å². The van der Waals surface area contributed by atoms with Crippen LogP contribution in [0.5, 0.6) is 0 Å². The highest BCUT2D eigenvalue weighted by atomic mass is 15.2. The topological polar surface area (TPSA) is 3.24 Å². The number of piperidine rings is 1. The Kier molecular flexibility index (Phi) is 3.33. The van der Waals surface area contributed by atoms with E-state index < -0.39 is 0 Å². The summed E-state index contributed by atoms with van der Waals surface area (Å²) >= 11 is 0. The van der Waals surface area contributed by atoms with Gasteiger partial charge in [0.1, 0.15) is 0 Å². The van der Waals surface area contributed by atoms with E-state index in [0.29, 0.717) is 0 Å². The zero-order valence-corrected chi connectivity index (χ0v) is 11.1. The predicted molar refractivity (Wildman–Crippen MR) is 77.7 cm³/mol. The van der Waals surface area contributed by atoms with E-state index in [9.17, 15) is 0 Å². The number of hydrogen-bond acceptors (Lipinski definition) is 1. The largest absolute Gasteiger partial charge is 0.296 e. The van der Waals surface area contributed by atoms with Crippen LogP contribution in [0.2, 0.25) is 0 Å². The highest BCUT2D eigenvalue weighted by Crippen LogP contribution is 2.23. The van der Waals surface area contributed by atoms with Crippen LogP contribution in [0.15, 0.2) is 42.5 Å². The Bertz CT molecular complexity index is 527. The number of benzene rings is 2. The quantitative estimate of drug-likeness (QED) is 0.758. The van der Waals surface area contributed by atoms with Crippen LogP contribution >= 0.6 is 0 Å². The summed E-state index contributed by atoms with van der Waals surface area (Å²) in [7, 11) is 0. The van der Waals surface area contributed by atoms with Gasteiger partial charge < -0.3 is 0 Å². The zero-order valence-electron chi connectivity index (χ0n) is 11.1. The fourth-order valence-electron chi connectivity index (χ4n) is 3.04. The normalized spacial score (nSPS) is 21.3. The Hall–Kier alpha value is -1.34. The lowest BCUT2D eigenvalue weighted by Gasteiger charge is -2.33. The van der Waals surface area contributed by atoms with Crippen LogP contribution < -0.4 is 0 Å². The van der Waals surface area contributed by atoms with Gasteiger partial charge >= 0.3 is 0 Å². The number of rotatable bonds is 2. The highest BCUT2D eigenvalue weighted by Gasteiger charge is 2.18. The molecule has 2 aromatic rings. The molecule has 94 valence electrons. The van der Waals surface area contributed by atoms with Gasteiger partial charge in [-0.1, -0.05) is 48.9 Å². The minimum Gasteiger partial charge on any atom is -0.296 e. The molecule has 0 saturated carbocycles. The molecule has 0 bridgehead atoms. The molecule has 1 nitrogen and oxygen atoms in total. The van der Waals surface area contributed by atoms with Gasteiger partial charge in [-0.15, -0.1) is 0 Å².